The molecule has 0 radical (unpaired) electrons. The molecule has 1 rings (SSSR count). The highest BCUT2D eigenvalue weighted by Crippen LogP contribution is 2.19. The molecule has 1 aromatic rings. The molecule has 26 heavy (non-hydrogen) atoms. The summed E-state index contributed by atoms with van der Waals surface area (Å²) >= 11 is 0. The first kappa shape index (κ1) is 21.1. The summed E-state index contributed by atoms with van der Waals surface area (Å²) in [5, 5.41) is 25.3. The molecule has 0 saturated carbocycles. The van der Waals surface area contributed by atoms with Gasteiger partial charge in [-0.3, -0.25) is 19.7 Å². The number of hydrogen-bond acceptors (Lipinski definition) is 5. The van der Waals surface area contributed by atoms with Crippen molar-refractivity contribution in [1.29, 1.82) is 0 Å². The summed E-state index contributed by atoms with van der Waals surface area (Å²) in [6, 6.07) is 3.52. The summed E-state index contributed by atoms with van der Waals surface area (Å²) in [6.45, 7) is 5.00. The van der Waals surface area contributed by atoms with Gasteiger partial charge in [-0.15, -0.1) is 0 Å². The lowest BCUT2D eigenvalue weighted by Gasteiger charge is -2.22. The Labute approximate surface area is 150 Å². The lowest BCUT2D eigenvalue weighted by atomic mass is 10.0. The fourth-order valence-electron chi connectivity index (χ4n) is 2.50. The first-order valence-corrected chi connectivity index (χ1v) is 8.14. The number of carboxylic acids is 1. The van der Waals surface area contributed by atoms with Crippen LogP contribution in [0.5, 0.6) is 0 Å². The second kappa shape index (κ2) is 9.50. The predicted molar refractivity (Wildman–Crippen MR) is 93.4 cm³/mol. The van der Waals surface area contributed by atoms with Gasteiger partial charge in [-0.1, -0.05) is 32.0 Å². The first-order chi connectivity index (χ1) is 12.1. The van der Waals surface area contributed by atoms with Crippen LogP contribution in [-0.2, 0) is 20.8 Å². The number of carbonyl (C=O) groups is 3. The fourth-order valence-corrected chi connectivity index (χ4v) is 2.50. The average molecular weight is 365 g/mol. The number of nitro benzene ring substituents is 1. The molecule has 3 N–H and O–H groups in total. The molecule has 0 fully saturated rings. The molecule has 0 aromatic heterocycles. The Morgan fingerprint density at radius 3 is 2.27 bits per heavy atom. The average Bonchev–Trinajstić information content (AvgIpc) is 2.52. The molecule has 0 bridgehead atoms. The zero-order chi connectivity index (χ0) is 19.9. The van der Waals surface area contributed by atoms with Crippen LogP contribution in [-0.4, -0.2) is 39.9 Å². The van der Waals surface area contributed by atoms with Crippen LogP contribution in [0.3, 0.4) is 0 Å². The summed E-state index contributed by atoms with van der Waals surface area (Å²) < 4.78 is 0. The van der Waals surface area contributed by atoms with Gasteiger partial charge in [0, 0.05) is 25.0 Å². The molecule has 0 aliphatic heterocycles. The third-order valence-corrected chi connectivity index (χ3v) is 3.63. The van der Waals surface area contributed by atoms with E-state index >= 15 is 0 Å². The molecule has 1 aromatic carbocycles. The summed E-state index contributed by atoms with van der Waals surface area (Å²) in [5.74, 6) is -2.27. The van der Waals surface area contributed by atoms with Crippen molar-refractivity contribution in [2.75, 3.05) is 0 Å². The summed E-state index contributed by atoms with van der Waals surface area (Å²) in [7, 11) is 0. The highest BCUT2D eigenvalue weighted by atomic mass is 16.6. The molecule has 0 heterocycles. The van der Waals surface area contributed by atoms with Crippen molar-refractivity contribution in [3.05, 3.63) is 39.9 Å². The predicted octanol–water partition coefficient (Wildman–Crippen LogP) is 1.26. The van der Waals surface area contributed by atoms with E-state index in [0.717, 1.165) is 0 Å². The van der Waals surface area contributed by atoms with Gasteiger partial charge in [0.05, 0.1) is 4.92 Å². The maximum atomic E-state index is 12.4. The van der Waals surface area contributed by atoms with Gasteiger partial charge in [-0.25, -0.2) is 4.79 Å². The van der Waals surface area contributed by atoms with Gasteiger partial charge in [0.1, 0.15) is 12.1 Å². The number of aliphatic carboxylic acids is 1. The smallest absolute Gasteiger partial charge is 0.326 e. The number of amides is 2. The maximum Gasteiger partial charge on any atom is 0.326 e. The van der Waals surface area contributed by atoms with Crippen LogP contribution in [0.1, 0.15) is 32.8 Å². The quantitative estimate of drug-likeness (QED) is 0.445. The van der Waals surface area contributed by atoms with E-state index in [0.29, 0.717) is 6.42 Å². The Kier molecular flexibility index (Phi) is 7.70. The van der Waals surface area contributed by atoms with E-state index in [1.807, 2.05) is 13.8 Å². The number of rotatable bonds is 9. The van der Waals surface area contributed by atoms with Gasteiger partial charge in [-0.2, -0.15) is 0 Å². The number of carbonyl (C=O) groups excluding carboxylic acids is 2. The van der Waals surface area contributed by atoms with Crippen LogP contribution < -0.4 is 10.6 Å². The zero-order valence-electron chi connectivity index (χ0n) is 14.9. The van der Waals surface area contributed by atoms with Crippen molar-refractivity contribution < 1.29 is 24.4 Å². The number of hydrogen-bond donors (Lipinski definition) is 3. The third kappa shape index (κ3) is 6.50. The number of carboxylic acid groups (broad SMARTS) is 1. The lowest BCUT2D eigenvalue weighted by Crippen LogP contribution is -2.52. The number of nitrogens with zero attached hydrogens (tertiary/aromatic N) is 1. The molecule has 0 saturated heterocycles. The van der Waals surface area contributed by atoms with Crippen LogP contribution >= 0.6 is 0 Å². The molecule has 9 nitrogen and oxygen atoms in total. The molecule has 0 aliphatic carbocycles. The standard InChI is InChI=1S/C17H23N3O6/c1-10(2)8-13(18-11(3)21)16(22)19-14(17(23)24)9-12-6-4-5-7-15(12)20(25)26/h4-7,10,13-14H,8-9H2,1-3H3,(H,18,21)(H,19,22)(H,23,24)/t13-,14-/m0/s1. The van der Waals surface area contributed by atoms with Gasteiger partial charge in [-0.05, 0) is 12.3 Å². The largest absolute Gasteiger partial charge is 0.480 e. The number of nitrogens with one attached hydrogen (secondary N) is 2. The van der Waals surface area contributed by atoms with E-state index in [1.165, 1.54) is 25.1 Å². The van der Waals surface area contributed by atoms with Crippen LogP contribution in [0.15, 0.2) is 24.3 Å². The van der Waals surface area contributed by atoms with Gasteiger partial charge < -0.3 is 15.7 Å². The zero-order valence-corrected chi connectivity index (χ0v) is 14.9. The van der Waals surface area contributed by atoms with Gasteiger partial charge in [0.15, 0.2) is 0 Å². The minimum absolute atomic E-state index is 0.0936. The Morgan fingerprint density at radius 1 is 1.15 bits per heavy atom. The minimum Gasteiger partial charge on any atom is -0.480 e. The van der Waals surface area contributed by atoms with Crippen LogP contribution in [0.2, 0.25) is 0 Å². The Hall–Kier alpha value is -2.97. The molecule has 2 atom stereocenters. The van der Waals surface area contributed by atoms with Crippen LogP contribution in [0.25, 0.3) is 0 Å². The van der Waals surface area contributed by atoms with E-state index in [-0.39, 0.29) is 23.6 Å². The monoisotopic (exact) mass is 365 g/mol. The molecule has 0 unspecified atom stereocenters. The van der Waals surface area contributed by atoms with E-state index in [4.69, 9.17) is 0 Å². The summed E-state index contributed by atoms with van der Waals surface area (Å²) in [5.41, 5.74) is -0.0151. The van der Waals surface area contributed by atoms with Crippen molar-refractivity contribution >= 4 is 23.5 Å². The number of benzene rings is 1. The molecule has 9 heteroatoms. The normalized spacial score (nSPS) is 12.9. The van der Waals surface area contributed by atoms with Crippen molar-refractivity contribution in [1.82, 2.24) is 10.6 Å². The Bertz CT molecular complexity index is 689. The summed E-state index contributed by atoms with van der Waals surface area (Å²) in [4.78, 5) is 45.7. The highest BCUT2D eigenvalue weighted by Gasteiger charge is 2.28. The van der Waals surface area contributed by atoms with E-state index in [9.17, 15) is 29.6 Å². The van der Waals surface area contributed by atoms with Crippen molar-refractivity contribution in [2.24, 2.45) is 5.92 Å². The van der Waals surface area contributed by atoms with Crippen LogP contribution in [0, 0.1) is 16.0 Å². The van der Waals surface area contributed by atoms with Crippen molar-refractivity contribution in [2.45, 2.75) is 45.7 Å². The topological polar surface area (TPSA) is 139 Å². The molecular weight excluding hydrogens is 342 g/mol. The van der Waals surface area contributed by atoms with Gasteiger partial charge in [0.25, 0.3) is 5.69 Å². The fraction of sp³-hybridized carbons (Fsp3) is 0.471. The lowest BCUT2D eigenvalue weighted by molar-refractivity contribution is -0.385. The highest BCUT2D eigenvalue weighted by molar-refractivity contribution is 5.90. The molecular formula is C17H23N3O6. The SMILES string of the molecule is CC(=O)N[C@@H](CC(C)C)C(=O)N[C@@H](Cc1ccccc1[N+](=O)[O-])C(=O)O. The number of nitro groups is 1. The van der Waals surface area contributed by atoms with E-state index in [2.05, 4.69) is 10.6 Å². The second-order valence-electron chi connectivity index (χ2n) is 6.37. The van der Waals surface area contributed by atoms with Crippen molar-refractivity contribution in [3.63, 3.8) is 0 Å². The maximum absolute atomic E-state index is 12.4. The van der Waals surface area contributed by atoms with Crippen LogP contribution in [0.4, 0.5) is 5.69 Å². The van der Waals surface area contributed by atoms with Gasteiger partial charge in [0.2, 0.25) is 11.8 Å². The molecule has 0 spiro atoms. The van der Waals surface area contributed by atoms with E-state index < -0.39 is 34.8 Å². The van der Waals surface area contributed by atoms with Gasteiger partial charge >= 0.3 is 5.97 Å². The Morgan fingerprint density at radius 2 is 1.77 bits per heavy atom. The Balaban J connectivity index is 2.97. The molecule has 142 valence electrons. The van der Waals surface area contributed by atoms with E-state index in [1.54, 1.807) is 6.07 Å². The van der Waals surface area contributed by atoms with Crippen molar-refractivity contribution in [3.8, 4) is 0 Å². The number of para-hydroxylation sites is 1. The molecule has 2 amide bonds. The molecule has 0 aliphatic rings. The third-order valence-electron chi connectivity index (χ3n) is 3.63. The second-order valence-corrected chi connectivity index (χ2v) is 6.37. The first-order valence-electron chi connectivity index (χ1n) is 8.14. The minimum atomic E-state index is -1.35. The summed E-state index contributed by atoms with van der Waals surface area (Å²) in [6.07, 6.45) is 0.0932.